The highest BCUT2D eigenvalue weighted by Crippen LogP contribution is 2.42. The van der Waals surface area contributed by atoms with Gasteiger partial charge in [0.1, 0.15) is 0 Å². The molecule has 2 atom stereocenters. The first-order chi connectivity index (χ1) is 7.79. The van der Waals surface area contributed by atoms with Crippen LogP contribution < -0.4 is 0 Å². The average molecular weight is 214 g/mol. The molecule has 0 amide bonds. The Labute approximate surface area is 94.9 Å². The molecule has 1 aromatic carbocycles. The third-order valence-electron chi connectivity index (χ3n) is 3.64. The first-order valence-electron chi connectivity index (χ1n) is 5.65. The van der Waals surface area contributed by atoms with Crippen LogP contribution in [0.1, 0.15) is 17.5 Å². The number of carbonyl (C=O) groups excluding carboxylic acids is 1. The van der Waals surface area contributed by atoms with E-state index in [0.717, 1.165) is 6.42 Å². The summed E-state index contributed by atoms with van der Waals surface area (Å²) in [6.45, 7) is 0. The lowest BCUT2D eigenvalue weighted by atomic mass is 9.85. The molecule has 0 radical (unpaired) electrons. The normalized spacial score (nSPS) is 27.3. The van der Waals surface area contributed by atoms with E-state index in [1.165, 1.54) is 16.7 Å². The van der Waals surface area contributed by atoms with Gasteiger partial charge in [-0.25, -0.2) is 0 Å². The standard InChI is InChI=1S/C14H14O2/c1-16-14-8-10(15)7-12-11-5-3-2-4-9(11)6-13(12)14/h2-5,7,13-14H,6,8H2,1H3. The number of benzene rings is 1. The van der Waals surface area contributed by atoms with Crippen molar-refractivity contribution in [1.29, 1.82) is 0 Å². The van der Waals surface area contributed by atoms with E-state index in [1.54, 1.807) is 7.11 Å². The molecule has 2 aliphatic carbocycles. The molecule has 0 aliphatic heterocycles. The van der Waals surface area contributed by atoms with E-state index < -0.39 is 0 Å². The Bertz CT molecular complexity index is 473. The van der Waals surface area contributed by atoms with E-state index >= 15 is 0 Å². The zero-order chi connectivity index (χ0) is 11.1. The van der Waals surface area contributed by atoms with E-state index in [0.29, 0.717) is 12.3 Å². The third kappa shape index (κ3) is 1.34. The highest BCUT2D eigenvalue weighted by Gasteiger charge is 2.37. The molecule has 0 bridgehead atoms. The molecule has 3 rings (SSSR count). The highest BCUT2D eigenvalue weighted by molar-refractivity contribution is 6.00. The lowest BCUT2D eigenvalue weighted by molar-refractivity contribution is -0.118. The van der Waals surface area contributed by atoms with E-state index in [9.17, 15) is 4.79 Å². The van der Waals surface area contributed by atoms with Crippen LogP contribution in [0.15, 0.2) is 30.3 Å². The maximum absolute atomic E-state index is 11.6. The summed E-state index contributed by atoms with van der Waals surface area (Å²) >= 11 is 0. The molecule has 2 aliphatic rings. The summed E-state index contributed by atoms with van der Waals surface area (Å²) in [6, 6.07) is 8.33. The SMILES string of the molecule is COC1CC(=O)C=C2c3ccccc3CC21. The first kappa shape index (κ1) is 9.79. The van der Waals surface area contributed by atoms with Crippen molar-refractivity contribution in [2.75, 3.05) is 7.11 Å². The first-order valence-corrected chi connectivity index (χ1v) is 5.65. The summed E-state index contributed by atoms with van der Waals surface area (Å²) in [6.07, 6.45) is 3.40. The van der Waals surface area contributed by atoms with Crippen LogP contribution in [-0.4, -0.2) is 19.0 Å². The van der Waals surface area contributed by atoms with Crippen LogP contribution >= 0.6 is 0 Å². The summed E-state index contributed by atoms with van der Waals surface area (Å²) in [5, 5.41) is 0. The smallest absolute Gasteiger partial charge is 0.158 e. The van der Waals surface area contributed by atoms with Crippen molar-refractivity contribution in [3.63, 3.8) is 0 Å². The van der Waals surface area contributed by atoms with Gasteiger partial charge < -0.3 is 4.74 Å². The van der Waals surface area contributed by atoms with Crippen LogP contribution in [0.2, 0.25) is 0 Å². The lowest BCUT2D eigenvalue weighted by Gasteiger charge is -2.26. The number of carbonyl (C=O) groups is 1. The van der Waals surface area contributed by atoms with Crippen molar-refractivity contribution in [3.05, 3.63) is 41.5 Å². The molecule has 1 aromatic rings. The van der Waals surface area contributed by atoms with Gasteiger partial charge in [-0.3, -0.25) is 4.79 Å². The van der Waals surface area contributed by atoms with Crippen molar-refractivity contribution >= 4 is 11.4 Å². The van der Waals surface area contributed by atoms with Crippen molar-refractivity contribution in [2.24, 2.45) is 5.92 Å². The van der Waals surface area contributed by atoms with Gasteiger partial charge in [-0.2, -0.15) is 0 Å². The fraction of sp³-hybridized carbons (Fsp3) is 0.357. The zero-order valence-corrected chi connectivity index (χ0v) is 9.27. The van der Waals surface area contributed by atoms with Crippen LogP contribution in [0.4, 0.5) is 0 Å². The number of methoxy groups -OCH3 is 1. The Balaban J connectivity index is 2.09. The molecular formula is C14H14O2. The zero-order valence-electron chi connectivity index (χ0n) is 9.27. The third-order valence-corrected chi connectivity index (χ3v) is 3.64. The molecule has 0 saturated heterocycles. The van der Waals surface area contributed by atoms with Gasteiger partial charge in [-0.1, -0.05) is 24.3 Å². The predicted octanol–water partition coefficient (Wildman–Crippen LogP) is 2.23. The second kappa shape index (κ2) is 3.56. The molecule has 82 valence electrons. The molecule has 0 saturated carbocycles. The Morgan fingerprint density at radius 2 is 2.06 bits per heavy atom. The van der Waals surface area contributed by atoms with Gasteiger partial charge >= 0.3 is 0 Å². The van der Waals surface area contributed by atoms with Crippen molar-refractivity contribution in [3.8, 4) is 0 Å². The van der Waals surface area contributed by atoms with Gasteiger partial charge in [0.2, 0.25) is 0 Å². The van der Waals surface area contributed by atoms with Gasteiger partial charge in [0.25, 0.3) is 0 Å². The van der Waals surface area contributed by atoms with Gasteiger partial charge in [0.15, 0.2) is 5.78 Å². The Morgan fingerprint density at radius 1 is 1.25 bits per heavy atom. The number of hydrogen-bond acceptors (Lipinski definition) is 2. The quantitative estimate of drug-likeness (QED) is 0.716. The van der Waals surface area contributed by atoms with Crippen LogP contribution in [0.5, 0.6) is 0 Å². The van der Waals surface area contributed by atoms with E-state index in [4.69, 9.17) is 4.74 Å². The average Bonchev–Trinajstić information content (AvgIpc) is 2.67. The maximum atomic E-state index is 11.6. The number of allylic oxidation sites excluding steroid dienone is 1. The molecule has 2 nitrogen and oxygen atoms in total. The summed E-state index contributed by atoms with van der Waals surface area (Å²) in [5.74, 6) is 0.565. The van der Waals surface area contributed by atoms with E-state index in [1.807, 2.05) is 12.1 Å². The Hall–Kier alpha value is -1.41. The fourth-order valence-corrected chi connectivity index (χ4v) is 2.86. The van der Waals surface area contributed by atoms with Gasteiger partial charge in [0, 0.05) is 19.4 Å². The lowest BCUT2D eigenvalue weighted by Crippen LogP contribution is -2.29. The molecular weight excluding hydrogens is 200 g/mol. The van der Waals surface area contributed by atoms with Gasteiger partial charge in [-0.15, -0.1) is 0 Å². The predicted molar refractivity (Wildman–Crippen MR) is 62.0 cm³/mol. The van der Waals surface area contributed by atoms with Crippen LogP contribution in [0, 0.1) is 5.92 Å². The minimum Gasteiger partial charge on any atom is -0.380 e. The maximum Gasteiger partial charge on any atom is 0.158 e. The largest absolute Gasteiger partial charge is 0.380 e. The number of hydrogen-bond donors (Lipinski definition) is 0. The van der Waals surface area contributed by atoms with Crippen molar-refractivity contribution in [2.45, 2.75) is 18.9 Å². The van der Waals surface area contributed by atoms with Crippen molar-refractivity contribution in [1.82, 2.24) is 0 Å². The molecule has 0 N–H and O–H groups in total. The molecule has 2 unspecified atom stereocenters. The summed E-state index contributed by atoms with van der Waals surface area (Å²) < 4.78 is 5.45. The number of ether oxygens (including phenoxy) is 1. The molecule has 0 spiro atoms. The molecule has 16 heavy (non-hydrogen) atoms. The highest BCUT2D eigenvalue weighted by atomic mass is 16.5. The van der Waals surface area contributed by atoms with Crippen LogP contribution in [0.25, 0.3) is 5.57 Å². The number of ketones is 1. The Kier molecular flexibility index (Phi) is 2.18. The van der Waals surface area contributed by atoms with Crippen LogP contribution in [0.3, 0.4) is 0 Å². The Morgan fingerprint density at radius 3 is 2.88 bits per heavy atom. The molecule has 0 heterocycles. The fourth-order valence-electron chi connectivity index (χ4n) is 2.86. The minimum atomic E-state index is 0.0555. The topological polar surface area (TPSA) is 26.3 Å². The molecule has 0 fully saturated rings. The van der Waals surface area contributed by atoms with Gasteiger partial charge in [0.05, 0.1) is 6.10 Å². The van der Waals surface area contributed by atoms with Gasteiger partial charge in [-0.05, 0) is 29.2 Å². The minimum absolute atomic E-state index is 0.0555. The second-order valence-electron chi connectivity index (χ2n) is 4.51. The van der Waals surface area contributed by atoms with E-state index in [2.05, 4.69) is 18.2 Å². The summed E-state index contributed by atoms with van der Waals surface area (Å²) in [5.41, 5.74) is 3.76. The summed E-state index contributed by atoms with van der Waals surface area (Å²) in [4.78, 5) is 11.6. The number of fused-ring (bicyclic) bond motifs is 3. The summed E-state index contributed by atoms with van der Waals surface area (Å²) in [7, 11) is 1.70. The monoisotopic (exact) mass is 214 g/mol. The number of rotatable bonds is 1. The van der Waals surface area contributed by atoms with Crippen LogP contribution in [-0.2, 0) is 16.0 Å². The second-order valence-corrected chi connectivity index (χ2v) is 4.51. The van der Waals surface area contributed by atoms with Crippen molar-refractivity contribution < 1.29 is 9.53 Å². The molecule has 0 aromatic heterocycles. The van der Waals surface area contributed by atoms with E-state index in [-0.39, 0.29) is 11.9 Å². The molecule has 2 heteroatoms.